The number of halogens is 1. The minimum Gasteiger partial charge on any atom is -0.497 e. The van der Waals surface area contributed by atoms with Crippen LogP contribution in [0.3, 0.4) is 0 Å². The van der Waals surface area contributed by atoms with Crippen LogP contribution in [0.25, 0.3) is 11.1 Å². The van der Waals surface area contributed by atoms with Gasteiger partial charge in [-0.05, 0) is 52.4 Å². The molecular weight excluding hydrogens is 251 g/mol. The SMILES string of the molecule is COc1ccc2c(c1)C(C)(C(C)C)c1cc(F)ccc1-2. The van der Waals surface area contributed by atoms with Gasteiger partial charge in [-0.1, -0.05) is 32.9 Å². The van der Waals surface area contributed by atoms with Crippen molar-refractivity contribution in [2.24, 2.45) is 5.92 Å². The second-order valence-electron chi connectivity index (χ2n) is 5.96. The summed E-state index contributed by atoms with van der Waals surface area (Å²) in [6.07, 6.45) is 0. The van der Waals surface area contributed by atoms with E-state index in [4.69, 9.17) is 4.74 Å². The number of fused-ring (bicyclic) bond motifs is 3. The molecule has 1 aliphatic rings. The van der Waals surface area contributed by atoms with Crippen molar-refractivity contribution in [3.63, 3.8) is 0 Å². The van der Waals surface area contributed by atoms with Gasteiger partial charge in [0.2, 0.25) is 0 Å². The Morgan fingerprint density at radius 3 is 2.20 bits per heavy atom. The maximum absolute atomic E-state index is 13.7. The Morgan fingerprint density at radius 1 is 1.00 bits per heavy atom. The molecule has 0 aliphatic heterocycles. The van der Waals surface area contributed by atoms with E-state index in [1.54, 1.807) is 19.2 Å². The molecule has 2 aromatic rings. The zero-order valence-corrected chi connectivity index (χ0v) is 12.3. The summed E-state index contributed by atoms with van der Waals surface area (Å²) in [5.41, 5.74) is 4.46. The molecule has 0 spiro atoms. The molecule has 1 atom stereocenters. The molecule has 1 aliphatic carbocycles. The number of hydrogen-bond donors (Lipinski definition) is 0. The van der Waals surface area contributed by atoms with Crippen molar-refractivity contribution < 1.29 is 9.13 Å². The number of rotatable bonds is 2. The van der Waals surface area contributed by atoms with Crippen LogP contribution in [-0.2, 0) is 5.41 Å². The largest absolute Gasteiger partial charge is 0.497 e. The molecule has 3 rings (SSSR count). The number of methoxy groups -OCH3 is 1. The summed E-state index contributed by atoms with van der Waals surface area (Å²) in [7, 11) is 1.68. The fourth-order valence-electron chi connectivity index (χ4n) is 3.26. The molecule has 0 heterocycles. The van der Waals surface area contributed by atoms with Gasteiger partial charge >= 0.3 is 0 Å². The maximum atomic E-state index is 13.7. The molecule has 1 unspecified atom stereocenters. The van der Waals surface area contributed by atoms with Gasteiger partial charge in [-0.15, -0.1) is 0 Å². The van der Waals surface area contributed by atoms with Gasteiger partial charge in [-0.25, -0.2) is 4.39 Å². The Bertz CT molecular complexity index is 675. The van der Waals surface area contributed by atoms with Gasteiger partial charge in [0.1, 0.15) is 11.6 Å². The maximum Gasteiger partial charge on any atom is 0.123 e. The van der Waals surface area contributed by atoms with E-state index in [1.807, 2.05) is 12.1 Å². The topological polar surface area (TPSA) is 9.23 Å². The lowest BCUT2D eigenvalue weighted by Gasteiger charge is -2.32. The number of hydrogen-bond acceptors (Lipinski definition) is 1. The molecule has 0 amide bonds. The minimum absolute atomic E-state index is 0.171. The third-order valence-electron chi connectivity index (χ3n) is 4.77. The summed E-state index contributed by atoms with van der Waals surface area (Å²) in [4.78, 5) is 0. The van der Waals surface area contributed by atoms with Gasteiger partial charge in [0.25, 0.3) is 0 Å². The van der Waals surface area contributed by atoms with Gasteiger partial charge in [0.05, 0.1) is 7.11 Å². The van der Waals surface area contributed by atoms with Gasteiger partial charge in [-0.3, -0.25) is 0 Å². The molecule has 0 bridgehead atoms. The molecule has 0 fully saturated rings. The van der Waals surface area contributed by atoms with E-state index >= 15 is 0 Å². The Labute approximate surface area is 119 Å². The van der Waals surface area contributed by atoms with Gasteiger partial charge in [0.15, 0.2) is 0 Å². The van der Waals surface area contributed by atoms with Crippen molar-refractivity contribution in [3.8, 4) is 16.9 Å². The second-order valence-corrected chi connectivity index (χ2v) is 5.96. The summed E-state index contributed by atoms with van der Waals surface area (Å²) in [6.45, 7) is 6.56. The zero-order chi connectivity index (χ0) is 14.5. The van der Waals surface area contributed by atoms with Crippen LogP contribution >= 0.6 is 0 Å². The van der Waals surface area contributed by atoms with Crippen LogP contribution in [0.5, 0.6) is 5.75 Å². The summed E-state index contributed by atoms with van der Waals surface area (Å²) in [6, 6.07) is 11.3. The van der Waals surface area contributed by atoms with E-state index in [1.165, 1.54) is 11.1 Å². The van der Waals surface area contributed by atoms with Crippen LogP contribution in [0.4, 0.5) is 4.39 Å². The second kappa shape index (κ2) is 4.34. The monoisotopic (exact) mass is 270 g/mol. The average Bonchev–Trinajstić information content (AvgIpc) is 2.69. The predicted octanol–water partition coefficient (Wildman–Crippen LogP) is 4.78. The van der Waals surface area contributed by atoms with E-state index in [-0.39, 0.29) is 11.2 Å². The highest BCUT2D eigenvalue weighted by molar-refractivity contribution is 5.81. The van der Waals surface area contributed by atoms with E-state index in [0.717, 1.165) is 16.9 Å². The van der Waals surface area contributed by atoms with Crippen LogP contribution in [0.2, 0.25) is 0 Å². The lowest BCUT2D eigenvalue weighted by atomic mass is 9.71. The van der Waals surface area contributed by atoms with Crippen molar-refractivity contribution in [2.45, 2.75) is 26.2 Å². The van der Waals surface area contributed by atoms with Gasteiger partial charge < -0.3 is 4.74 Å². The van der Waals surface area contributed by atoms with Crippen molar-refractivity contribution in [1.82, 2.24) is 0 Å². The van der Waals surface area contributed by atoms with E-state index in [9.17, 15) is 4.39 Å². The van der Waals surface area contributed by atoms with Crippen LogP contribution in [-0.4, -0.2) is 7.11 Å². The highest BCUT2D eigenvalue weighted by Gasteiger charge is 2.42. The normalized spacial score (nSPS) is 19.9. The number of benzene rings is 2. The standard InChI is InChI=1S/C18H19FO/c1-11(2)18(3)16-9-12(19)5-7-14(16)15-8-6-13(20-4)10-17(15)18/h5-11H,1-4H3. The van der Waals surface area contributed by atoms with Crippen LogP contribution in [0.1, 0.15) is 31.9 Å². The third-order valence-corrected chi connectivity index (χ3v) is 4.77. The van der Waals surface area contributed by atoms with Crippen molar-refractivity contribution >= 4 is 0 Å². The molecule has 0 radical (unpaired) electrons. The highest BCUT2D eigenvalue weighted by atomic mass is 19.1. The molecule has 2 aromatic carbocycles. The van der Waals surface area contributed by atoms with E-state index in [2.05, 4.69) is 32.9 Å². The molecule has 104 valence electrons. The van der Waals surface area contributed by atoms with Gasteiger partial charge in [-0.2, -0.15) is 0 Å². The lowest BCUT2D eigenvalue weighted by Crippen LogP contribution is -2.27. The fraction of sp³-hybridized carbons (Fsp3) is 0.333. The first-order chi connectivity index (χ1) is 9.48. The predicted molar refractivity (Wildman–Crippen MR) is 79.7 cm³/mol. The molecular formula is C18H19FO. The Kier molecular flexibility index (Phi) is 2.86. The zero-order valence-electron chi connectivity index (χ0n) is 12.3. The fourth-order valence-corrected chi connectivity index (χ4v) is 3.26. The quantitative estimate of drug-likeness (QED) is 0.763. The van der Waals surface area contributed by atoms with Crippen LogP contribution in [0, 0.1) is 11.7 Å². The molecule has 0 saturated heterocycles. The molecule has 20 heavy (non-hydrogen) atoms. The van der Waals surface area contributed by atoms with Crippen molar-refractivity contribution in [1.29, 1.82) is 0 Å². The number of ether oxygens (including phenoxy) is 1. The molecule has 0 N–H and O–H groups in total. The summed E-state index contributed by atoms with van der Waals surface area (Å²) < 4.78 is 19.1. The van der Waals surface area contributed by atoms with Crippen molar-refractivity contribution in [3.05, 3.63) is 53.3 Å². The first-order valence-electron chi connectivity index (χ1n) is 6.97. The Balaban J connectivity index is 2.34. The average molecular weight is 270 g/mol. The summed E-state index contributed by atoms with van der Waals surface area (Å²) in [5, 5.41) is 0. The molecule has 0 saturated carbocycles. The molecule has 1 nitrogen and oxygen atoms in total. The first kappa shape index (κ1) is 13.2. The van der Waals surface area contributed by atoms with Gasteiger partial charge in [0, 0.05) is 5.41 Å². The first-order valence-corrected chi connectivity index (χ1v) is 6.97. The molecule has 2 heteroatoms. The third kappa shape index (κ3) is 1.60. The lowest BCUT2D eigenvalue weighted by molar-refractivity contribution is 0.398. The summed E-state index contributed by atoms with van der Waals surface area (Å²) >= 11 is 0. The Hall–Kier alpha value is -1.83. The minimum atomic E-state index is -0.179. The van der Waals surface area contributed by atoms with E-state index in [0.29, 0.717) is 5.92 Å². The highest BCUT2D eigenvalue weighted by Crippen LogP contribution is 2.53. The van der Waals surface area contributed by atoms with Crippen LogP contribution < -0.4 is 4.74 Å². The Morgan fingerprint density at radius 2 is 1.60 bits per heavy atom. The smallest absolute Gasteiger partial charge is 0.123 e. The van der Waals surface area contributed by atoms with Crippen molar-refractivity contribution in [2.75, 3.05) is 7.11 Å². The van der Waals surface area contributed by atoms with Crippen LogP contribution in [0.15, 0.2) is 36.4 Å². The summed E-state index contributed by atoms with van der Waals surface area (Å²) in [5.74, 6) is 1.05. The molecule has 0 aromatic heterocycles. The van der Waals surface area contributed by atoms with E-state index < -0.39 is 0 Å².